The molecule has 3 aromatic rings. The lowest BCUT2D eigenvalue weighted by atomic mass is 10.1. The van der Waals surface area contributed by atoms with E-state index in [1.165, 1.54) is 0 Å². The average Bonchev–Trinajstić information content (AvgIpc) is 3.54. The van der Waals surface area contributed by atoms with Crippen molar-refractivity contribution >= 4 is 32.9 Å². The van der Waals surface area contributed by atoms with Crippen molar-refractivity contribution in [3.8, 4) is 0 Å². The van der Waals surface area contributed by atoms with E-state index in [4.69, 9.17) is 9.72 Å². The topological polar surface area (TPSA) is 111 Å². The highest BCUT2D eigenvalue weighted by Gasteiger charge is 2.35. The van der Waals surface area contributed by atoms with E-state index in [9.17, 15) is 18.0 Å². The number of nitrogens with one attached hydrogen (secondary N) is 1. The molecular weight excluding hydrogens is 528 g/mol. The van der Waals surface area contributed by atoms with Crippen LogP contribution in [0.15, 0.2) is 47.4 Å². The van der Waals surface area contributed by atoms with Gasteiger partial charge in [0.1, 0.15) is 11.4 Å². The fourth-order valence-corrected chi connectivity index (χ4v) is 6.08. The molecule has 2 heterocycles. The molecule has 0 bridgehead atoms. The molecule has 5 rings (SSSR count). The molecule has 1 N–H and O–H groups in total. The van der Waals surface area contributed by atoms with Crippen molar-refractivity contribution in [2.45, 2.75) is 88.9 Å². The van der Waals surface area contributed by atoms with Gasteiger partial charge >= 0.3 is 6.09 Å². The number of hydrogen-bond donors (Lipinski definition) is 1. The van der Waals surface area contributed by atoms with Gasteiger partial charge in [0.2, 0.25) is 0 Å². The molecule has 9 nitrogen and oxygen atoms in total. The summed E-state index contributed by atoms with van der Waals surface area (Å²) in [6.45, 7) is 8.89. The van der Waals surface area contributed by atoms with Gasteiger partial charge < -0.3 is 19.5 Å². The van der Waals surface area contributed by atoms with E-state index in [2.05, 4.69) is 9.88 Å². The van der Waals surface area contributed by atoms with Crippen LogP contribution in [0.1, 0.15) is 81.0 Å². The molecule has 0 radical (unpaired) electrons. The van der Waals surface area contributed by atoms with Crippen LogP contribution in [0.2, 0.25) is 0 Å². The van der Waals surface area contributed by atoms with Gasteiger partial charge in [-0.05, 0) is 82.3 Å². The van der Waals surface area contributed by atoms with Crippen LogP contribution in [0.25, 0.3) is 11.0 Å². The van der Waals surface area contributed by atoms with Crippen LogP contribution in [0.5, 0.6) is 0 Å². The van der Waals surface area contributed by atoms with E-state index < -0.39 is 15.4 Å². The quantitative estimate of drug-likeness (QED) is 0.409. The summed E-state index contributed by atoms with van der Waals surface area (Å²) >= 11 is 0. The lowest BCUT2D eigenvalue weighted by molar-refractivity contribution is 0.0214. The number of likely N-dealkylation sites (tertiary alicyclic amines) is 1. The van der Waals surface area contributed by atoms with Crippen LogP contribution < -0.4 is 5.32 Å². The Kier molecular flexibility index (Phi) is 7.65. The summed E-state index contributed by atoms with van der Waals surface area (Å²) in [4.78, 5) is 32.9. The zero-order valence-electron chi connectivity index (χ0n) is 23.6. The highest BCUT2D eigenvalue weighted by Crippen LogP contribution is 2.41. The molecule has 1 atom stereocenters. The number of benzene rings is 2. The van der Waals surface area contributed by atoms with Gasteiger partial charge in [0.05, 0.1) is 27.7 Å². The second-order valence-electron chi connectivity index (χ2n) is 11.8. The minimum atomic E-state index is -3.26. The number of fused-ring (bicyclic) bond motifs is 1. The molecule has 2 fully saturated rings. The number of nitrogens with zero attached hydrogens (tertiary/aromatic N) is 3. The van der Waals surface area contributed by atoms with Crippen LogP contribution in [0, 0.1) is 0 Å². The number of ether oxygens (including phenoxy) is 1. The van der Waals surface area contributed by atoms with Gasteiger partial charge in [-0.2, -0.15) is 0 Å². The maximum absolute atomic E-state index is 13.0. The first-order valence-electron chi connectivity index (χ1n) is 14.0. The van der Waals surface area contributed by atoms with E-state index in [0.717, 1.165) is 48.1 Å². The Labute approximate surface area is 235 Å². The zero-order chi connectivity index (χ0) is 28.7. The van der Waals surface area contributed by atoms with Crippen LogP contribution in [-0.2, 0) is 27.7 Å². The van der Waals surface area contributed by atoms with Gasteiger partial charge in [0, 0.05) is 31.1 Å². The Morgan fingerprint density at radius 3 is 2.45 bits per heavy atom. The van der Waals surface area contributed by atoms with Crippen LogP contribution in [-0.4, -0.2) is 58.8 Å². The summed E-state index contributed by atoms with van der Waals surface area (Å²) in [5, 5.41) is 2.92. The molecule has 40 heavy (non-hydrogen) atoms. The molecule has 10 heteroatoms. The molecule has 1 aliphatic carbocycles. The number of sulfone groups is 1. The van der Waals surface area contributed by atoms with Gasteiger partial charge in [-0.1, -0.05) is 19.1 Å². The third-order valence-electron chi connectivity index (χ3n) is 7.50. The fourth-order valence-electron chi connectivity index (χ4n) is 5.20. The van der Waals surface area contributed by atoms with Crippen molar-refractivity contribution < 1.29 is 22.7 Å². The van der Waals surface area contributed by atoms with Crippen molar-refractivity contribution in [1.82, 2.24) is 19.8 Å². The molecule has 2 amide bonds. The van der Waals surface area contributed by atoms with Gasteiger partial charge in [-0.25, -0.2) is 18.2 Å². The molecule has 1 saturated heterocycles. The van der Waals surface area contributed by atoms with Gasteiger partial charge in [0.25, 0.3) is 5.91 Å². The summed E-state index contributed by atoms with van der Waals surface area (Å²) in [5.41, 5.74) is 2.52. The number of hydrogen-bond acceptors (Lipinski definition) is 6. The van der Waals surface area contributed by atoms with Crippen molar-refractivity contribution in [2.24, 2.45) is 0 Å². The third-order valence-corrected chi connectivity index (χ3v) is 9.25. The average molecular weight is 567 g/mol. The minimum Gasteiger partial charge on any atom is -0.444 e. The largest absolute Gasteiger partial charge is 0.444 e. The number of amides is 2. The molecule has 2 aromatic carbocycles. The summed E-state index contributed by atoms with van der Waals surface area (Å²) in [6, 6.07) is 12.2. The monoisotopic (exact) mass is 566 g/mol. The molecule has 1 unspecified atom stereocenters. The summed E-state index contributed by atoms with van der Waals surface area (Å²) in [7, 11) is -3.26. The number of carbonyl (C=O) groups excluding carboxylic acids is 2. The van der Waals surface area contributed by atoms with Crippen LogP contribution >= 0.6 is 0 Å². The van der Waals surface area contributed by atoms with E-state index in [1.54, 1.807) is 31.2 Å². The van der Waals surface area contributed by atoms with E-state index in [0.29, 0.717) is 24.6 Å². The van der Waals surface area contributed by atoms with Gasteiger partial charge in [-0.15, -0.1) is 0 Å². The molecule has 0 spiro atoms. The number of carbonyl (C=O) groups is 2. The van der Waals surface area contributed by atoms with E-state index >= 15 is 0 Å². The maximum atomic E-state index is 13.0. The summed E-state index contributed by atoms with van der Waals surface area (Å²) in [6.07, 6.45) is 3.77. The second-order valence-corrected chi connectivity index (χ2v) is 14.0. The number of imidazole rings is 1. The van der Waals surface area contributed by atoms with Crippen molar-refractivity contribution in [3.05, 3.63) is 59.4 Å². The molecule has 2 aliphatic rings. The Morgan fingerprint density at radius 1 is 1.07 bits per heavy atom. The SMILES string of the molecule is CCS(=O)(=O)c1ccc(CNC(=O)c2ccc3c(c2)nc(C2CC2)n3CC2CCCN2C(=O)OC(C)(C)C)cc1. The molecule has 214 valence electrons. The predicted molar refractivity (Wildman–Crippen MR) is 153 cm³/mol. The Bertz CT molecular complexity index is 1520. The Hall–Kier alpha value is -3.40. The first-order chi connectivity index (χ1) is 18.9. The smallest absolute Gasteiger partial charge is 0.410 e. The van der Waals surface area contributed by atoms with E-state index in [1.807, 2.05) is 43.9 Å². The molecular formula is C30H38N4O5S. The second kappa shape index (κ2) is 10.9. The van der Waals surface area contributed by atoms with Gasteiger partial charge in [-0.3, -0.25) is 4.79 Å². The van der Waals surface area contributed by atoms with Crippen LogP contribution in [0.3, 0.4) is 0 Å². The summed E-state index contributed by atoms with van der Waals surface area (Å²) in [5.74, 6) is 1.25. The molecule has 1 saturated carbocycles. The number of rotatable bonds is 8. The summed E-state index contributed by atoms with van der Waals surface area (Å²) < 4.78 is 32.0. The predicted octanol–water partition coefficient (Wildman–Crippen LogP) is 5.04. The third kappa shape index (κ3) is 6.16. The first-order valence-corrected chi connectivity index (χ1v) is 15.7. The Balaban J connectivity index is 1.31. The van der Waals surface area contributed by atoms with Crippen molar-refractivity contribution in [3.63, 3.8) is 0 Å². The lowest BCUT2D eigenvalue weighted by Crippen LogP contribution is -2.41. The fraction of sp³-hybridized carbons (Fsp3) is 0.500. The van der Waals surface area contributed by atoms with E-state index in [-0.39, 0.29) is 35.2 Å². The first kappa shape index (κ1) is 28.1. The highest BCUT2D eigenvalue weighted by molar-refractivity contribution is 7.91. The van der Waals surface area contributed by atoms with Crippen molar-refractivity contribution in [2.75, 3.05) is 12.3 Å². The Morgan fingerprint density at radius 2 is 1.80 bits per heavy atom. The number of aromatic nitrogens is 2. The van der Waals surface area contributed by atoms with Crippen LogP contribution in [0.4, 0.5) is 4.79 Å². The molecule has 1 aromatic heterocycles. The maximum Gasteiger partial charge on any atom is 0.410 e. The minimum absolute atomic E-state index is 0.0337. The lowest BCUT2D eigenvalue weighted by Gasteiger charge is -2.29. The normalized spacial score (nSPS) is 17.8. The van der Waals surface area contributed by atoms with Crippen molar-refractivity contribution in [1.29, 1.82) is 0 Å². The zero-order valence-corrected chi connectivity index (χ0v) is 24.5. The molecule has 1 aliphatic heterocycles. The van der Waals surface area contributed by atoms with Gasteiger partial charge in [0.15, 0.2) is 9.84 Å². The highest BCUT2D eigenvalue weighted by atomic mass is 32.2. The standard InChI is InChI=1S/C30H38N4O5S/c1-5-40(37,38)24-13-8-20(9-14-24)18-31-28(35)22-12-15-26-25(17-22)32-27(21-10-11-21)34(26)19-23-7-6-16-33(23)29(36)39-30(2,3)4/h8-9,12-15,17,21,23H,5-7,10-11,16,18-19H2,1-4H3,(H,31,35).